The van der Waals surface area contributed by atoms with Crippen LogP contribution in [0.25, 0.3) is 0 Å². The van der Waals surface area contributed by atoms with E-state index in [0.717, 1.165) is 12.0 Å². The molecule has 2 heteroatoms. The van der Waals surface area contributed by atoms with Gasteiger partial charge in [0, 0.05) is 0 Å². The quantitative estimate of drug-likeness (QED) is 0.730. The lowest BCUT2D eigenvalue weighted by Crippen LogP contribution is -1.98. The molecule has 14 heavy (non-hydrogen) atoms. The maximum absolute atomic E-state index is 12.8. The van der Waals surface area contributed by atoms with Gasteiger partial charge in [0.2, 0.25) is 0 Å². The molecule has 0 aliphatic heterocycles. The van der Waals surface area contributed by atoms with Crippen LogP contribution in [0.1, 0.15) is 31.4 Å². The lowest BCUT2D eigenvalue weighted by molar-refractivity contribution is 0.177. The van der Waals surface area contributed by atoms with Gasteiger partial charge in [-0.1, -0.05) is 31.2 Å². The highest BCUT2D eigenvalue weighted by molar-refractivity contribution is 5.20. The van der Waals surface area contributed by atoms with Gasteiger partial charge < -0.3 is 5.11 Å². The average Bonchev–Trinajstić information content (AvgIpc) is 2.17. The van der Waals surface area contributed by atoms with Gasteiger partial charge in [-0.2, -0.15) is 0 Å². The first-order chi connectivity index (χ1) is 6.63. The molecule has 0 bridgehead atoms. The van der Waals surface area contributed by atoms with Gasteiger partial charge in [0.05, 0.1) is 6.10 Å². The van der Waals surface area contributed by atoms with E-state index in [0.29, 0.717) is 12.0 Å². The van der Waals surface area contributed by atoms with Crippen LogP contribution in [-0.4, -0.2) is 5.11 Å². The van der Waals surface area contributed by atoms with Crippen LogP contribution in [0.2, 0.25) is 0 Å². The minimum absolute atomic E-state index is 0.316. The minimum atomic E-state index is -0.641. The molecule has 0 spiro atoms. The van der Waals surface area contributed by atoms with Crippen molar-refractivity contribution in [3.05, 3.63) is 47.8 Å². The Labute approximate surface area is 83.9 Å². The van der Waals surface area contributed by atoms with Crippen LogP contribution in [0, 0.1) is 5.82 Å². The SMILES string of the molecule is C=C(CC)CC(O)c1cccc(F)c1. The van der Waals surface area contributed by atoms with E-state index in [-0.39, 0.29) is 5.82 Å². The summed E-state index contributed by atoms with van der Waals surface area (Å²) < 4.78 is 12.8. The third kappa shape index (κ3) is 2.96. The fourth-order valence-corrected chi connectivity index (χ4v) is 1.25. The first-order valence-corrected chi connectivity index (χ1v) is 4.73. The Balaban J connectivity index is 2.69. The maximum atomic E-state index is 12.8. The summed E-state index contributed by atoms with van der Waals surface area (Å²) in [6, 6.07) is 6.04. The van der Waals surface area contributed by atoms with E-state index in [1.54, 1.807) is 12.1 Å². The molecule has 0 saturated heterocycles. The molecular formula is C12H15FO. The molecule has 1 N–H and O–H groups in total. The molecule has 0 fully saturated rings. The van der Waals surface area contributed by atoms with Crippen molar-refractivity contribution in [2.75, 3.05) is 0 Å². The van der Waals surface area contributed by atoms with Crippen LogP contribution in [-0.2, 0) is 0 Å². The first-order valence-electron chi connectivity index (χ1n) is 4.73. The Hall–Kier alpha value is -1.15. The van der Waals surface area contributed by atoms with Crippen molar-refractivity contribution < 1.29 is 9.50 Å². The Morgan fingerprint density at radius 2 is 2.29 bits per heavy atom. The first kappa shape index (κ1) is 10.9. The number of halogens is 1. The van der Waals surface area contributed by atoms with Gasteiger partial charge in [-0.25, -0.2) is 4.39 Å². The zero-order valence-electron chi connectivity index (χ0n) is 8.33. The highest BCUT2D eigenvalue weighted by atomic mass is 19.1. The summed E-state index contributed by atoms with van der Waals surface area (Å²) in [6.07, 6.45) is 0.699. The second-order valence-corrected chi connectivity index (χ2v) is 3.38. The predicted molar refractivity (Wildman–Crippen MR) is 55.4 cm³/mol. The second kappa shape index (κ2) is 4.91. The van der Waals surface area contributed by atoms with Gasteiger partial charge in [-0.15, -0.1) is 0 Å². The van der Waals surface area contributed by atoms with Crippen LogP contribution >= 0.6 is 0 Å². The molecule has 1 aromatic carbocycles. The van der Waals surface area contributed by atoms with Crippen LogP contribution in [0.4, 0.5) is 4.39 Å². The van der Waals surface area contributed by atoms with Crippen LogP contribution in [0.5, 0.6) is 0 Å². The summed E-state index contributed by atoms with van der Waals surface area (Å²) in [4.78, 5) is 0. The molecule has 76 valence electrons. The van der Waals surface area contributed by atoms with Gasteiger partial charge in [0.15, 0.2) is 0 Å². The summed E-state index contributed by atoms with van der Waals surface area (Å²) >= 11 is 0. The second-order valence-electron chi connectivity index (χ2n) is 3.38. The third-order valence-corrected chi connectivity index (χ3v) is 2.22. The lowest BCUT2D eigenvalue weighted by atomic mass is 10.0. The van der Waals surface area contributed by atoms with E-state index in [1.807, 2.05) is 6.92 Å². The van der Waals surface area contributed by atoms with Gasteiger partial charge >= 0.3 is 0 Å². The van der Waals surface area contributed by atoms with Crippen molar-refractivity contribution in [3.8, 4) is 0 Å². The van der Waals surface area contributed by atoms with E-state index in [9.17, 15) is 9.50 Å². The Morgan fingerprint density at radius 1 is 1.57 bits per heavy atom. The monoisotopic (exact) mass is 194 g/mol. The Morgan fingerprint density at radius 3 is 2.86 bits per heavy atom. The van der Waals surface area contributed by atoms with Crippen LogP contribution in [0.15, 0.2) is 36.4 Å². The minimum Gasteiger partial charge on any atom is -0.388 e. The van der Waals surface area contributed by atoms with Crippen molar-refractivity contribution in [2.24, 2.45) is 0 Å². The van der Waals surface area contributed by atoms with Crippen molar-refractivity contribution >= 4 is 0 Å². The van der Waals surface area contributed by atoms with Crippen molar-refractivity contribution in [3.63, 3.8) is 0 Å². The topological polar surface area (TPSA) is 20.2 Å². The summed E-state index contributed by atoms with van der Waals surface area (Å²) in [6.45, 7) is 5.79. The smallest absolute Gasteiger partial charge is 0.123 e. The van der Waals surface area contributed by atoms with E-state index in [1.165, 1.54) is 12.1 Å². The van der Waals surface area contributed by atoms with Crippen molar-refractivity contribution in [1.29, 1.82) is 0 Å². The number of aliphatic hydroxyl groups is 1. The lowest BCUT2D eigenvalue weighted by Gasteiger charge is -2.11. The zero-order valence-corrected chi connectivity index (χ0v) is 8.33. The van der Waals surface area contributed by atoms with E-state index < -0.39 is 6.10 Å². The van der Waals surface area contributed by atoms with Gasteiger partial charge in [-0.05, 0) is 30.5 Å². The summed E-state index contributed by atoms with van der Waals surface area (Å²) in [5.74, 6) is -0.316. The Bertz CT molecular complexity index is 320. The largest absolute Gasteiger partial charge is 0.388 e. The van der Waals surface area contributed by atoms with Gasteiger partial charge in [0.1, 0.15) is 5.82 Å². The number of hydrogen-bond donors (Lipinski definition) is 1. The summed E-state index contributed by atoms with van der Waals surface area (Å²) in [5.41, 5.74) is 1.58. The molecule has 1 rings (SSSR count). The standard InChI is InChI=1S/C12H15FO/c1-3-9(2)7-12(14)10-5-4-6-11(13)8-10/h4-6,8,12,14H,2-3,7H2,1H3. The molecular weight excluding hydrogens is 179 g/mol. The van der Waals surface area contributed by atoms with Crippen LogP contribution < -0.4 is 0 Å². The number of benzene rings is 1. The zero-order chi connectivity index (χ0) is 10.6. The number of aliphatic hydroxyl groups excluding tert-OH is 1. The van der Waals surface area contributed by atoms with Crippen molar-refractivity contribution in [2.45, 2.75) is 25.9 Å². The molecule has 1 nitrogen and oxygen atoms in total. The molecule has 0 amide bonds. The summed E-state index contributed by atoms with van der Waals surface area (Å²) in [5, 5.41) is 9.72. The highest BCUT2D eigenvalue weighted by Gasteiger charge is 2.08. The molecule has 0 saturated carbocycles. The van der Waals surface area contributed by atoms with E-state index >= 15 is 0 Å². The van der Waals surface area contributed by atoms with Crippen molar-refractivity contribution in [1.82, 2.24) is 0 Å². The van der Waals surface area contributed by atoms with E-state index in [4.69, 9.17) is 0 Å². The summed E-state index contributed by atoms with van der Waals surface area (Å²) in [7, 11) is 0. The highest BCUT2D eigenvalue weighted by Crippen LogP contribution is 2.21. The van der Waals surface area contributed by atoms with Crippen LogP contribution in [0.3, 0.4) is 0 Å². The molecule has 1 aromatic rings. The number of hydrogen-bond acceptors (Lipinski definition) is 1. The third-order valence-electron chi connectivity index (χ3n) is 2.22. The number of rotatable bonds is 4. The molecule has 1 atom stereocenters. The maximum Gasteiger partial charge on any atom is 0.123 e. The molecule has 0 radical (unpaired) electrons. The fraction of sp³-hybridized carbons (Fsp3) is 0.333. The average molecular weight is 194 g/mol. The Kier molecular flexibility index (Phi) is 3.84. The molecule has 0 heterocycles. The van der Waals surface area contributed by atoms with Gasteiger partial charge in [0.25, 0.3) is 0 Å². The molecule has 1 unspecified atom stereocenters. The normalized spacial score (nSPS) is 12.5. The molecule has 0 aromatic heterocycles. The fourth-order valence-electron chi connectivity index (χ4n) is 1.25. The predicted octanol–water partition coefficient (Wildman–Crippen LogP) is 3.22. The molecule has 0 aliphatic rings. The molecule has 0 aliphatic carbocycles. The van der Waals surface area contributed by atoms with E-state index in [2.05, 4.69) is 6.58 Å². The van der Waals surface area contributed by atoms with Gasteiger partial charge in [-0.3, -0.25) is 0 Å².